The highest BCUT2D eigenvalue weighted by Crippen LogP contribution is 2.08. The lowest BCUT2D eigenvalue weighted by molar-refractivity contribution is -0.132. The van der Waals surface area contributed by atoms with E-state index in [1.54, 1.807) is 0 Å². The maximum atomic E-state index is 12.0. The first-order chi connectivity index (χ1) is 9.67. The number of nitrogens with one attached hydrogen (secondary N) is 1. The Morgan fingerprint density at radius 2 is 1.40 bits per heavy atom. The van der Waals surface area contributed by atoms with Gasteiger partial charge in [0.25, 0.3) is 0 Å². The Morgan fingerprint density at radius 3 is 1.90 bits per heavy atom. The van der Waals surface area contributed by atoms with Crippen LogP contribution >= 0.6 is 0 Å². The lowest BCUT2D eigenvalue weighted by Gasteiger charge is -2.23. The van der Waals surface area contributed by atoms with Crippen molar-refractivity contribution >= 4 is 5.91 Å². The van der Waals surface area contributed by atoms with Crippen molar-refractivity contribution in [2.24, 2.45) is 0 Å². The van der Waals surface area contributed by atoms with Gasteiger partial charge in [0.05, 0.1) is 6.04 Å². The zero-order valence-electron chi connectivity index (χ0n) is 14.2. The van der Waals surface area contributed by atoms with Crippen molar-refractivity contribution in [1.29, 1.82) is 0 Å². The first-order valence-electron chi connectivity index (χ1n) is 8.69. The molecule has 0 aliphatic heterocycles. The fourth-order valence-electron chi connectivity index (χ4n) is 2.47. The summed E-state index contributed by atoms with van der Waals surface area (Å²) in [5, 5.41) is 3.35. The Morgan fingerprint density at radius 1 is 0.900 bits per heavy atom. The Balaban J connectivity index is 3.48. The number of nitrogens with zero attached hydrogens (tertiary/aromatic N) is 1. The fourth-order valence-corrected chi connectivity index (χ4v) is 2.47. The number of carbonyl (C=O) groups excluding carboxylic acids is 1. The summed E-state index contributed by atoms with van der Waals surface area (Å²) in [4.78, 5) is 13.9. The highest BCUT2D eigenvalue weighted by atomic mass is 16.2. The molecule has 0 aromatic carbocycles. The van der Waals surface area contributed by atoms with E-state index in [1.165, 1.54) is 51.4 Å². The van der Waals surface area contributed by atoms with Crippen LogP contribution in [0.15, 0.2) is 0 Å². The molecule has 0 aromatic rings. The van der Waals surface area contributed by atoms with Crippen LogP contribution < -0.4 is 5.32 Å². The quantitative estimate of drug-likeness (QED) is 0.519. The number of rotatable bonds is 13. The summed E-state index contributed by atoms with van der Waals surface area (Å²) in [6.07, 6.45) is 10.7. The van der Waals surface area contributed by atoms with Crippen LogP contribution in [-0.4, -0.2) is 36.5 Å². The SMILES string of the molecule is CCCCCCCCCCNC(C)C(=O)N(CC)CC. The van der Waals surface area contributed by atoms with E-state index in [1.807, 2.05) is 25.7 Å². The average molecular weight is 284 g/mol. The minimum atomic E-state index is -0.0422. The summed E-state index contributed by atoms with van der Waals surface area (Å²) >= 11 is 0. The van der Waals surface area contributed by atoms with Gasteiger partial charge in [0.2, 0.25) is 5.91 Å². The molecule has 0 heterocycles. The predicted octanol–water partition coefficient (Wildman–Crippen LogP) is 3.97. The molecular formula is C17H36N2O. The van der Waals surface area contributed by atoms with E-state index < -0.39 is 0 Å². The Hall–Kier alpha value is -0.570. The maximum absolute atomic E-state index is 12.0. The highest BCUT2D eigenvalue weighted by molar-refractivity contribution is 5.81. The minimum Gasteiger partial charge on any atom is -0.342 e. The van der Waals surface area contributed by atoms with Crippen LogP contribution in [0.1, 0.15) is 79.1 Å². The van der Waals surface area contributed by atoms with Gasteiger partial charge in [-0.2, -0.15) is 0 Å². The molecule has 3 nitrogen and oxygen atoms in total. The monoisotopic (exact) mass is 284 g/mol. The molecule has 0 aliphatic rings. The van der Waals surface area contributed by atoms with E-state index in [-0.39, 0.29) is 11.9 Å². The highest BCUT2D eigenvalue weighted by Gasteiger charge is 2.16. The van der Waals surface area contributed by atoms with Crippen molar-refractivity contribution in [3.63, 3.8) is 0 Å². The number of hydrogen-bond acceptors (Lipinski definition) is 2. The number of likely N-dealkylation sites (N-methyl/N-ethyl adjacent to an activating group) is 1. The second-order valence-corrected chi connectivity index (χ2v) is 5.66. The van der Waals surface area contributed by atoms with Crippen molar-refractivity contribution in [3.05, 3.63) is 0 Å². The van der Waals surface area contributed by atoms with Crippen molar-refractivity contribution in [2.75, 3.05) is 19.6 Å². The minimum absolute atomic E-state index is 0.0422. The van der Waals surface area contributed by atoms with E-state index in [4.69, 9.17) is 0 Å². The van der Waals surface area contributed by atoms with E-state index in [0.717, 1.165) is 19.6 Å². The van der Waals surface area contributed by atoms with Crippen LogP contribution in [0.4, 0.5) is 0 Å². The summed E-state index contributed by atoms with van der Waals surface area (Å²) in [5.41, 5.74) is 0. The summed E-state index contributed by atoms with van der Waals surface area (Å²) in [7, 11) is 0. The molecule has 20 heavy (non-hydrogen) atoms. The Labute approximate surface area is 126 Å². The van der Waals surface area contributed by atoms with Crippen LogP contribution in [0.2, 0.25) is 0 Å². The molecule has 0 bridgehead atoms. The van der Waals surface area contributed by atoms with Crippen LogP contribution in [0.5, 0.6) is 0 Å². The summed E-state index contributed by atoms with van der Waals surface area (Å²) in [5.74, 6) is 0.231. The molecule has 0 aliphatic carbocycles. The smallest absolute Gasteiger partial charge is 0.239 e. The zero-order chi connectivity index (χ0) is 15.2. The van der Waals surface area contributed by atoms with Gasteiger partial charge in [0.1, 0.15) is 0 Å². The lowest BCUT2D eigenvalue weighted by Crippen LogP contribution is -2.45. The number of hydrogen-bond donors (Lipinski definition) is 1. The third-order valence-electron chi connectivity index (χ3n) is 3.93. The predicted molar refractivity (Wildman–Crippen MR) is 88.0 cm³/mol. The molecule has 120 valence electrons. The zero-order valence-corrected chi connectivity index (χ0v) is 14.2. The Kier molecular flexibility index (Phi) is 13.0. The number of amides is 1. The van der Waals surface area contributed by atoms with Gasteiger partial charge in [0.15, 0.2) is 0 Å². The van der Waals surface area contributed by atoms with E-state index in [9.17, 15) is 4.79 Å². The van der Waals surface area contributed by atoms with Crippen LogP contribution in [0, 0.1) is 0 Å². The Bertz CT molecular complexity index is 227. The van der Waals surface area contributed by atoms with Gasteiger partial charge in [-0.1, -0.05) is 51.9 Å². The molecule has 1 unspecified atom stereocenters. The van der Waals surface area contributed by atoms with Gasteiger partial charge in [0, 0.05) is 13.1 Å². The largest absolute Gasteiger partial charge is 0.342 e. The van der Waals surface area contributed by atoms with Crippen molar-refractivity contribution in [2.45, 2.75) is 85.1 Å². The second-order valence-electron chi connectivity index (χ2n) is 5.66. The van der Waals surface area contributed by atoms with E-state index >= 15 is 0 Å². The fraction of sp³-hybridized carbons (Fsp3) is 0.941. The molecule has 1 atom stereocenters. The van der Waals surface area contributed by atoms with Crippen LogP contribution in [0.3, 0.4) is 0 Å². The van der Waals surface area contributed by atoms with Crippen molar-refractivity contribution in [1.82, 2.24) is 10.2 Å². The van der Waals surface area contributed by atoms with Crippen LogP contribution in [-0.2, 0) is 4.79 Å². The number of unbranched alkanes of at least 4 members (excludes halogenated alkanes) is 7. The second kappa shape index (κ2) is 13.4. The molecule has 0 saturated carbocycles. The van der Waals surface area contributed by atoms with Gasteiger partial charge in [-0.3, -0.25) is 4.79 Å². The van der Waals surface area contributed by atoms with Crippen molar-refractivity contribution in [3.8, 4) is 0 Å². The third kappa shape index (κ3) is 9.35. The van der Waals surface area contributed by atoms with Gasteiger partial charge in [-0.15, -0.1) is 0 Å². The van der Waals surface area contributed by atoms with Crippen molar-refractivity contribution < 1.29 is 4.79 Å². The van der Waals surface area contributed by atoms with Gasteiger partial charge < -0.3 is 10.2 Å². The molecule has 0 fully saturated rings. The molecule has 0 spiro atoms. The average Bonchev–Trinajstić information content (AvgIpc) is 2.46. The lowest BCUT2D eigenvalue weighted by atomic mass is 10.1. The molecule has 0 rings (SSSR count). The first-order valence-corrected chi connectivity index (χ1v) is 8.69. The molecule has 1 N–H and O–H groups in total. The van der Waals surface area contributed by atoms with E-state index in [2.05, 4.69) is 12.2 Å². The number of carbonyl (C=O) groups is 1. The third-order valence-corrected chi connectivity index (χ3v) is 3.93. The molecule has 1 amide bonds. The van der Waals surface area contributed by atoms with Gasteiger partial charge in [-0.25, -0.2) is 0 Å². The van der Waals surface area contributed by atoms with Gasteiger partial charge in [-0.05, 0) is 33.7 Å². The van der Waals surface area contributed by atoms with Crippen LogP contribution in [0.25, 0.3) is 0 Å². The molecule has 0 saturated heterocycles. The normalized spacial score (nSPS) is 12.4. The summed E-state index contributed by atoms with van der Waals surface area (Å²) in [6, 6.07) is -0.0422. The molecule has 3 heteroatoms. The molecule has 0 aromatic heterocycles. The first kappa shape index (κ1) is 19.4. The summed E-state index contributed by atoms with van der Waals surface area (Å²) < 4.78 is 0. The maximum Gasteiger partial charge on any atom is 0.239 e. The summed E-state index contributed by atoms with van der Waals surface area (Å²) in [6.45, 7) is 10.9. The molecule has 0 radical (unpaired) electrons. The van der Waals surface area contributed by atoms with Gasteiger partial charge >= 0.3 is 0 Å². The standard InChI is InChI=1S/C17H36N2O/c1-5-8-9-10-11-12-13-14-15-18-16(4)17(20)19(6-2)7-3/h16,18H,5-15H2,1-4H3. The topological polar surface area (TPSA) is 32.3 Å². The molecular weight excluding hydrogens is 248 g/mol. The van der Waals surface area contributed by atoms with E-state index in [0.29, 0.717) is 0 Å².